The van der Waals surface area contributed by atoms with Crippen LogP contribution in [0.1, 0.15) is 15.9 Å². The standard InChI is InChI=1S/C25H25N5O7S/c1-36-21-8-6-20(7-9-21)28-38(34,35)22-4-2-3-19(16-22)25(31)27-26-17-18-5-10-23(24(15-18)30(32)33)29-11-13-37-14-12-29/h2-10,15-17,28H,11-14H2,1H3,(H,27,31)/b26-17+. The van der Waals surface area contributed by atoms with E-state index >= 15 is 0 Å². The van der Waals surface area contributed by atoms with Crippen LogP contribution in [0.5, 0.6) is 5.75 Å². The monoisotopic (exact) mass is 539 g/mol. The van der Waals surface area contributed by atoms with Crippen LogP contribution in [0.2, 0.25) is 0 Å². The number of anilines is 2. The van der Waals surface area contributed by atoms with Crippen LogP contribution in [0.25, 0.3) is 0 Å². The number of carbonyl (C=O) groups is 1. The Kier molecular flexibility index (Phi) is 8.19. The van der Waals surface area contributed by atoms with Gasteiger partial charge in [0.2, 0.25) is 0 Å². The summed E-state index contributed by atoms with van der Waals surface area (Å²) in [6, 6.07) is 16.5. The largest absolute Gasteiger partial charge is 0.497 e. The molecule has 0 aromatic heterocycles. The molecule has 12 nitrogen and oxygen atoms in total. The Morgan fingerprint density at radius 1 is 1.11 bits per heavy atom. The first-order valence-electron chi connectivity index (χ1n) is 11.5. The average molecular weight is 540 g/mol. The number of rotatable bonds is 9. The van der Waals surface area contributed by atoms with Gasteiger partial charge in [0.1, 0.15) is 11.4 Å². The Morgan fingerprint density at radius 3 is 2.53 bits per heavy atom. The summed E-state index contributed by atoms with van der Waals surface area (Å²) in [7, 11) is -2.46. The fourth-order valence-corrected chi connectivity index (χ4v) is 4.85. The number of methoxy groups -OCH3 is 1. The SMILES string of the molecule is COc1ccc(NS(=O)(=O)c2cccc(C(=O)N/N=C/c3ccc(N4CCOCC4)c([N+](=O)[O-])c3)c2)cc1. The van der Waals surface area contributed by atoms with Crippen LogP contribution < -0.4 is 19.8 Å². The highest BCUT2D eigenvalue weighted by Gasteiger charge is 2.22. The number of hydrazone groups is 1. The minimum atomic E-state index is -3.96. The Bertz CT molecular complexity index is 1450. The number of hydrogen-bond donors (Lipinski definition) is 2. The van der Waals surface area contributed by atoms with Crippen molar-refractivity contribution in [2.75, 3.05) is 43.0 Å². The fourth-order valence-electron chi connectivity index (χ4n) is 3.75. The minimum Gasteiger partial charge on any atom is -0.497 e. The second-order valence-corrected chi connectivity index (χ2v) is 9.85. The van der Waals surface area contributed by atoms with E-state index in [1.165, 1.54) is 43.7 Å². The number of carbonyl (C=O) groups excluding carboxylic acids is 1. The van der Waals surface area contributed by atoms with E-state index in [1.807, 2.05) is 4.90 Å². The van der Waals surface area contributed by atoms with Crippen molar-refractivity contribution < 1.29 is 27.6 Å². The first kappa shape index (κ1) is 26.6. The first-order valence-corrected chi connectivity index (χ1v) is 13.0. The second kappa shape index (κ2) is 11.7. The smallest absolute Gasteiger partial charge is 0.293 e. The molecular formula is C25H25N5O7S. The normalized spacial score (nSPS) is 13.8. The van der Waals surface area contributed by atoms with Crippen molar-refractivity contribution in [2.24, 2.45) is 5.10 Å². The van der Waals surface area contributed by atoms with Crippen LogP contribution in [0.3, 0.4) is 0 Å². The van der Waals surface area contributed by atoms with Crippen molar-refractivity contribution in [3.63, 3.8) is 0 Å². The number of nitro benzene ring substituents is 1. The van der Waals surface area contributed by atoms with Crippen molar-refractivity contribution >= 4 is 39.2 Å². The summed E-state index contributed by atoms with van der Waals surface area (Å²) in [4.78, 5) is 25.5. The van der Waals surface area contributed by atoms with Crippen LogP contribution in [-0.2, 0) is 14.8 Å². The number of amides is 1. The van der Waals surface area contributed by atoms with E-state index < -0.39 is 20.9 Å². The maximum absolute atomic E-state index is 12.8. The molecule has 1 aliphatic heterocycles. The molecule has 0 aliphatic carbocycles. The predicted molar refractivity (Wildman–Crippen MR) is 141 cm³/mol. The highest BCUT2D eigenvalue weighted by atomic mass is 32.2. The van der Waals surface area contributed by atoms with Crippen molar-refractivity contribution in [3.05, 3.63) is 88.0 Å². The topological polar surface area (TPSA) is 152 Å². The lowest BCUT2D eigenvalue weighted by molar-refractivity contribution is -0.384. The lowest BCUT2D eigenvalue weighted by atomic mass is 10.1. The maximum atomic E-state index is 12.8. The highest BCUT2D eigenvalue weighted by Crippen LogP contribution is 2.29. The van der Waals surface area contributed by atoms with Crippen molar-refractivity contribution in [3.8, 4) is 5.75 Å². The van der Waals surface area contributed by atoms with Crippen LogP contribution in [0, 0.1) is 10.1 Å². The van der Waals surface area contributed by atoms with Gasteiger partial charge < -0.3 is 14.4 Å². The molecule has 0 unspecified atom stereocenters. The third-order valence-corrected chi connectivity index (χ3v) is 7.06. The molecule has 2 N–H and O–H groups in total. The molecule has 1 amide bonds. The Morgan fingerprint density at radius 2 is 1.84 bits per heavy atom. The van der Waals surface area contributed by atoms with Gasteiger partial charge in [0, 0.05) is 36.0 Å². The van der Waals surface area contributed by atoms with Crippen molar-refractivity contribution in [1.29, 1.82) is 0 Å². The Hall–Kier alpha value is -4.49. The molecule has 4 rings (SSSR count). The van der Waals surface area contributed by atoms with Crippen LogP contribution in [0.15, 0.2) is 76.7 Å². The van der Waals surface area contributed by atoms with E-state index in [4.69, 9.17) is 9.47 Å². The summed E-state index contributed by atoms with van der Waals surface area (Å²) in [6.45, 7) is 2.09. The number of nitrogens with one attached hydrogen (secondary N) is 2. The zero-order valence-corrected chi connectivity index (χ0v) is 21.2. The Labute approximate surface area is 219 Å². The van der Waals surface area contributed by atoms with E-state index in [0.29, 0.717) is 49.0 Å². The molecule has 13 heteroatoms. The minimum absolute atomic E-state index is 0.0633. The quantitative estimate of drug-likeness (QED) is 0.239. The van der Waals surface area contributed by atoms with Gasteiger partial charge in [-0.2, -0.15) is 5.10 Å². The first-order chi connectivity index (χ1) is 18.3. The molecule has 1 heterocycles. The van der Waals surface area contributed by atoms with Gasteiger partial charge in [-0.3, -0.25) is 19.6 Å². The number of nitrogens with zero attached hydrogens (tertiary/aromatic N) is 3. The summed E-state index contributed by atoms with van der Waals surface area (Å²) >= 11 is 0. The molecule has 1 fully saturated rings. The molecule has 3 aromatic carbocycles. The molecule has 3 aromatic rings. The number of hydrogen-bond acceptors (Lipinski definition) is 9. The Balaban J connectivity index is 1.44. The zero-order chi connectivity index (χ0) is 27.1. The summed E-state index contributed by atoms with van der Waals surface area (Å²) < 4.78 is 38.4. The second-order valence-electron chi connectivity index (χ2n) is 8.17. The van der Waals surface area contributed by atoms with Gasteiger partial charge >= 0.3 is 0 Å². The van der Waals surface area contributed by atoms with Crippen LogP contribution in [0.4, 0.5) is 17.1 Å². The van der Waals surface area contributed by atoms with Gasteiger partial charge in [0.15, 0.2) is 0 Å². The number of sulfonamides is 1. The lowest BCUT2D eigenvalue weighted by Crippen LogP contribution is -2.36. The van der Waals surface area contributed by atoms with Crippen molar-refractivity contribution in [1.82, 2.24) is 5.43 Å². The van der Waals surface area contributed by atoms with Gasteiger partial charge in [-0.1, -0.05) is 12.1 Å². The average Bonchev–Trinajstić information content (AvgIpc) is 2.93. The van der Waals surface area contributed by atoms with Gasteiger partial charge in [-0.05, 0) is 48.5 Å². The predicted octanol–water partition coefficient (Wildman–Crippen LogP) is 3.00. The summed E-state index contributed by atoms with van der Waals surface area (Å²) in [5.74, 6) is -0.0722. The molecular weight excluding hydrogens is 514 g/mol. The number of ether oxygens (including phenoxy) is 2. The van der Waals surface area contributed by atoms with Gasteiger partial charge in [-0.15, -0.1) is 0 Å². The summed E-state index contributed by atoms with van der Waals surface area (Å²) in [6.07, 6.45) is 1.28. The van der Waals surface area contributed by atoms with Gasteiger partial charge in [0.05, 0.1) is 36.4 Å². The van der Waals surface area contributed by atoms with E-state index in [1.54, 1.807) is 36.4 Å². The molecule has 198 valence electrons. The highest BCUT2D eigenvalue weighted by molar-refractivity contribution is 7.92. The molecule has 38 heavy (non-hydrogen) atoms. The molecule has 0 atom stereocenters. The molecule has 1 aliphatic rings. The fraction of sp³-hybridized carbons (Fsp3) is 0.200. The van der Waals surface area contributed by atoms with E-state index in [0.717, 1.165) is 0 Å². The third kappa shape index (κ3) is 6.44. The van der Waals surface area contributed by atoms with Crippen LogP contribution >= 0.6 is 0 Å². The van der Waals surface area contributed by atoms with E-state index in [2.05, 4.69) is 15.2 Å². The summed E-state index contributed by atoms with van der Waals surface area (Å²) in [5.41, 5.74) is 3.53. The number of morpholine rings is 1. The van der Waals surface area contributed by atoms with Crippen molar-refractivity contribution in [2.45, 2.75) is 4.90 Å². The molecule has 0 bridgehead atoms. The van der Waals surface area contributed by atoms with Gasteiger partial charge in [-0.25, -0.2) is 13.8 Å². The van der Waals surface area contributed by atoms with Gasteiger partial charge in [0.25, 0.3) is 21.6 Å². The van der Waals surface area contributed by atoms with E-state index in [9.17, 15) is 23.3 Å². The summed E-state index contributed by atoms with van der Waals surface area (Å²) in [5, 5.41) is 15.5. The van der Waals surface area contributed by atoms with Crippen LogP contribution in [-0.4, -0.2) is 58.9 Å². The molecule has 0 saturated carbocycles. The third-order valence-electron chi connectivity index (χ3n) is 5.68. The number of nitro groups is 1. The van der Waals surface area contributed by atoms with E-state index in [-0.39, 0.29) is 16.1 Å². The number of benzene rings is 3. The lowest BCUT2D eigenvalue weighted by Gasteiger charge is -2.28. The maximum Gasteiger partial charge on any atom is 0.293 e. The molecule has 0 spiro atoms. The molecule has 1 saturated heterocycles. The zero-order valence-electron chi connectivity index (χ0n) is 20.4. The molecule has 0 radical (unpaired) electrons.